The predicted octanol–water partition coefficient (Wildman–Crippen LogP) is 4.09. The molecule has 1 saturated heterocycles. The Kier molecular flexibility index (Phi) is 8.99. The number of ether oxygens (including phenoxy) is 1. The third kappa shape index (κ3) is 8.54. The number of hydrogen-bond donors (Lipinski definition) is 3. The SMILES string of the molecule is CC(C)(C)OC(=O)N[C@@H](Cc1cccc(O[Si](C)(C)C(C)(C)C)c1)C(=O)N1CCC[C@@H](C(=O)O)N1. The first-order valence-electron chi connectivity index (χ1n) is 12.1. The lowest BCUT2D eigenvalue weighted by atomic mass is 10.0. The molecule has 1 aliphatic rings. The number of amides is 2. The topological polar surface area (TPSA) is 117 Å². The number of carboxylic acid groups (broad SMARTS) is 1. The first kappa shape index (κ1) is 28.6. The van der Waals surface area contributed by atoms with Crippen LogP contribution in [0.15, 0.2) is 24.3 Å². The number of nitrogens with one attached hydrogen (secondary N) is 2. The van der Waals surface area contributed by atoms with E-state index in [4.69, 9.17) is 9.16 Å². The van der Waals surface area contributed by atoms with Crippen molar-refractivity contribution in [2.45, 2.75) is 96.6 Å². The maximum Gasteiger partial charge on any atom is 0.408 e. The Balaban J connectivity index is 2.26. The number of rotatable bonds is 7. The molecule has 0 spiro atoms. The number of carbonyl (C=O) groups is 3. The van der Waals surface area contributed by atoms with E-state index >= 15 is 0 Å². The third-order valence-electron chi connectivity index (χ3n) is 6.26. The average molecular weight is 508 g/mol. The van der Waals surface area contributed by atoms with Gasteiger partial charge in [0, 0.05) is 13.0 Å². The largest absolute Gasteiger partial charge is 0.543 e. The van der Waals surface area contributed by atoms with E-state index in [0.717, 1.165) is 11.3 Å². The van der Waals surface area contributed by atoms with Gasteiger partial charge in [0.05, 0.1) is 0 Å². The quantitative estimate of drug-likeness (QED) is 0.476. The van der Waals surface area contributed by atoms with Crippen LogP contribution >= 0.6 is 0 Å². The molecule has 1 heterocycles. The van der Waals surface area contributed by atoms with Crippen molar-refractivity contribution >= 4 is 26.3 Å². The molecule has 10 heteroatoms. The molecule has 1 aliphatic heterocycles. The summed E-state index contributed by atoms with van der Waals surface area (Å²) in [6.45, 7) is 16.4. The van der Waals surface area contributed by atoms with Crippen LogP contribution in [0.1, 0.15) is 59.9 Å². The molecule has 2 atom stereocenters. The van der Waals surface area contributed by atoms with Crippen LogP contribution in [0, 0.1) is 0 Å². The molecule has 9 nitrogen and oxygen atoms in total. The maximum absolute atomic E-state index is 13.4. The molecule has 0 bridgehead atoms. The van der Waals surface area contributed by atoms with Gasteiger partial charge in [0.2, 0.25) is 8.32 Å². The summed E-state index contributed by atoms with van der Waals surface area (Å²) in [5.74, 6) is -0.716. The van der Waals surface area contributed by atoms with Crippen LogP contribution in [-0.4, -0.2) is 60.6 Å². The van der Waals surface area contributed by atoms with Crippen molar-refractivity contribution in [3.63, 3.8) is 0 Å². The zero-order valence-electron chi connectivity index (χ0n) is 22.2. The van der Waals surface area contributed by atoms with E-state index in [1.165, 1.54) is 5.01 Å². The molecule has 2 rings (SSSR count). The molecule has 0 unspecified atom stereocenters. The van der Waals surface area contributed by atoms with Gasteiger partial charge in [-0.2, -0.15) is 0 Å². The van der Waals surface area contributed by atoms with E-state index in [0.29, 0.717) is 19.4 Å². The molecule has 2 amide bonds. The fraction of sp³-hybridized carbons (Fsp3) is 0.640. The van der Waals surface area contributed by atoms with Gasteiger partial charge in [-0.15, -0.1) is 0 Å². The number of carbonyl (C=O) groups excluding carboxylic acids is 2. The minimum absolute atomic E-state index is 0.0282. The molecule has 0 saturated carbocycles. The first-order chi connectivity index (χ1) is 16.0. The van der Waals surface area contributed by atoms with Crippen molar-refractivity contribution in [2.24, 2.45) is 0 Å². The van der Waals surface area contributed by atoms with Crippen molar-refractivity contribution in [1.82, 2.24) is 15.8 Å². The van der Waals surface area contributed by atoms with Gasteiger partial charge in [0.1, 0.15) is 23.4 Å². The minimum atomic E-state index is -2.06. The summed E-state index contributed by atoms with van der Waals surface area (Å²) in [4.78, 5) is 37.4. The highest BCUT2D eigenvalue weighted by atomic mass is 28.4. The molecular weight excluding hydrogens is 466 g/mol. The predicted molar refractivity (Wildman–Crippen MR) is 137 cm³/mol. The standard InChI is InChI=1S/C25H41N3O6Si/c1-24(2,3)33-23(32)26-20(21(29)28-14-10-13-19(27-28)22(30)31)16-17-11-9-12-18(15-17)34-35(7,8)25(4,5)6/h9,11-12,15,19-20,27H,10,13-14,16H2,1-8H3,(H,26,32)(H,30,31)/t19-,20-/m0/s1. The third-order valence-corrected chi connectivity index (χ3v) is 10.6. The van der Waals surface area contributed by atoms with E-state index in [-0.39, 0.29) is 11.5 Å². The lowest BCUT2D eigenvalue weighted by molar-refractivity contribution is -0.147. The van der Waals surface area contributed by atoms with E-state index < -0.39 is 44.0 Å². The van der Waals surface area contributed by atoms with Crippen LogP contribution in [-0.2, 0) is 20.7 Å². The second-order valence-electron chi connectivity index (χ2n) is 11.6. The van der Waals surface area contributed by atoms with Crippen LogP contribution in [0.4, 0.5) is 4.79 Å². The molecule has 1 aromatic carbocycles. The van der Waals surface area contributed by atoms with Crippen LogP contribution in [0.2, 0.25) is 18.1 Å². The molecule has 3 N–H and O–H groups in total. The smallest absolute Gasteiger partial charge is 0.408 e. The molecule has 1 fully saturated rings. The highest BCUT2D eigenvalue weighted by Gasteiger charge is 2.39. The normalized spacial score (nSPS) is 17.9. The molecule has 196 valence electrons. The van der Waals surface area contributed by atoms with E-state index in [1.807, 2.05) is 24.3 Å². The molecule has 0 radical (unpaired) electrons. The lowest BCUT2D eigenvalue weighted by Gasteiger charge is -2.36. The Morgan fingerprint density at radius 1 is 1.20 bits per heavy atom. The van der Waals surface area contributed by atoms with Crippen molar-refractivity contribution in [3.05, 3.63) is 29.8 Å². The number of aliphatic carboxylic acids is 1. The van der Waals surface area contributed by atoms with Crippen molar-refractivity contribution in [2.75, 3.05) is 6.54 Å². The van der Waals surface area contributed by atoms with Gasteiger partial charge in [-0.05, 0) is 69.4 Å². The van der Waals surface area contributed by atoms with Gasteiger partial charge in [0.15, 0.2) is 0 Å². The first-order valence-corrected chi connectivity index (χ1v) is 15.0. The van der Waals surface area contributed by atoms with Gasteiger partial charge < -0.3 is 19.6 Å². The van der Waals surface area contributed by atoms with Gasteiger partial charge >= 0.3 is 12.1 Å². The Bertz CT molecular complexity index is 923. The molecular formula is C25H41N3O6Si. The Morgan fingerprint density at radius 2 is 1.86 bits per heavy atom. The number of alkyl carbamates (subject to hydrolysis) is 1. The Hall–Kier alpha value is -2.59. The average Bonchev–Trinajstić information content (AvgIpc) is 2.70. The highest BCUT2D eigenvalue weighted by molar-refractivity contribution is 6.74. The van der Waals surface area contributed by atoms with Crippen LogP contribution in [0.25, 0.3) is 0 Å². The second kappa shape index (κ2) is 11.0. The van der Waals surface area contributed by atoms with Crippen molar-refractivity contribution in [1.29, 1.82) is 0 Å². The number of hydrogen-bond acceptors (Lipinski definition) is 6. The Morgan fingerprint density at radius 3 is 2.43 bits per heavy atom. The van der Waals surface area contributed by atoms with Crippen molar-refractivity contribution < 1.29 is 28.7 Å². The summed E-state index contributed by atoms with van der Waals surface area (Å²) >= 11 is 0. The van der Waals surface area contributed by atoms with E-state index in [9.17, 15) is 19.5 Å². The summed E-state index contributed by atoms with van der Waals surface area (Å²) in [7, 11) is -2.06. The summed E-state index contributed by atoms with van der Waals surface area (Å²) in [5.41, 5.74) is 2.85. The maximum atomic E-state index is 13.4. The van der Waals surface area contributed by atoms with Crippen molar-refractivity contribution in [3.8, 4) is 5.75 Å². The summed E-state index contributed by atoms with van der Waals surface area (Å²) in [6, 6.07) is 5.72. The lowest BCUT2D eigenvalue weighted by Crippen LogP contribution is -2.60. The monoisotopic (exact) mass is 507 g/mol. The zero-order chi connectivity index (χ0) is 26.6. The number of nitrogens with zero attached hydrogens (tertiary/aromatic N) is 1. The van der Waals surface area contributed by atoms with Crippen LogP contribution in [0.5, 0.6) is 5.75 Å². The number of hydrazine groups is 1. The number of carboxylic acids is 1. The van der Waals surface area contributed by atoms with Gasteiger partial charge in [-0.3, -0.25) is 14.6 Å². The van der Waals surface area contributed by atoms with E-state index in [2.05, 4.69) is 44.6 Å². The summed E-state index contributed by atoms with van der Waals surface area (Å²) in [6.07, 6.45) is 0.458. The highest BCUT2D eigenvalue weighted by Crippen LogP contribution is 2.37. The zero-order valence-corrected chi connectivity index (χ0v) is 23.2. The molecule has 1 aromatic rings. The minimum Gasteiger partial charge on any atom is -0.543 e. The number of benzene rings is 1. The fourth-order valence-corrected chi connectivity index (χ4v) is 4.40. The summed E-state index contributed by atoms with van der Waals surface area (Å²) < 4.78 is 11.8. The summed E-state index contributed by atoms with van der Waals surface area (Å²) in [5, 5.41) is 13.4. The Labute approximate surface area is 209 Å². The molecule has 35 heavy (non-hydrogen) atoms. The van der Waals surface area contributed by atoms with Gasteiger partial charge in [0.25, 0.3) is 5.91 Å². The van der Waals surface area contributed by atoms with Crippen LogP contribution in [0.3, 0.4) is 0 Å². The molecule has 0 aliphatic carbocycles. The van der Waals surface area contributed by atoms with Crippen LogP contribution < -0.4 is 15.2 Å². The van der Waals surface area contributed by atoms with Gasteiger partial charge in [-0.25, -0.2) is 10.2 Å². The second-order valence-corrected chi connectivity index (χ2v) is 16.3. The van der Waals surface area contributed by atoms with E-state index in [1.54, 1.807) is 20.8 Å². The molecule has 0 aromatic heterocycles. The fourth-order valence-electron chi connectivity index (χ4n) is 3.38. The van der Waals surface area contributed by atoms with Gasteiger partial charge in [-0.1, -0.05) is 32.9 Å².